The van der Waals surface area contributed by atoms with E-state index in [1.165, 1.54) is 0 Å². The van der Waals surface area contributed by atoms with Crippen LogP contribution in [0.5, 0.6) is 5.88 Å². The Hall–Kier alpha value is -4.38. The maximum Gasteiger partial charge on any atom is 0.490 e. The van der Waals surface area contributed by atoms with Crippen molar-refractivity contribution in [2.45, 2.75) is 30.0 Å². The van der Waals surface area contributed by atoms with E-state index in [-0.39, 0.29) is 5.75 Å². The van der Waals surface area contributed by atoms with E-state index < -0.39 is 46.3 Å². The van der Waals surface area contributed by atoms with Crippen LogP contribution < -0.4 is 15.0 Å². The normalized spacial score (nSPS) is 15.2. The lowest BCUT2D eigenvalue weighted by Crippen LogP contribution is -2.47. The van der Waals surface area contributed by atoms with Gasteiger partial charge < -0.3 is 30.3 Å². The average Bonchev–Trinajstić information content (AvgIpc) is 3.25. The van der Waals surface area contributed by atoms with Crippen molar-refractivity contribution < 1.29 is 82.4 Å². The second-order valence-electron chi connectivity index (χ2n) is 9.53. The number of fused-ring (bicyclic) bond motifs is 1. The van der Waals surface area contributed by atoms with Gasteiger partial charge in [0.2, 0.25) is 5.88 Å². The second kappa shape index (κ2) is 18.4. The third-order valence-electron chi connectivity index (χ3n) is 5.96. The van der Waals surface area contributed by atoms with Gasteiger partial charge in [-0.1, -0.05) is 18.2 Å². The first-order chi connectivity index (χ1) is 22.4. The number of carbonyl (C=O) groups is 3. The third-order valence-corrected chi connectivity index (χ3v) is 7.67. The molecule has 23 heteroatoms. The minimum Gasteiger partial charge on any atom is -0.476 e. The largest absolute Gasteiger partial charge is 0.490 e. The number of halogens is 9. The standard InChI is InChI=1S/C20H26N4O3S.3C2HF3O2/c25-28(26,18-4-2-1-3-5-18)15-13-23-9-11-24(12-10-23)19-7-6-17-16-21-8-14-27-20(17)22-19;3*3-2(4,5)1(6)7/h1-7,21H,8-16H2;3*(H,6,7). The summed E-state index contributed by atoms with van der Waals surface area (Å²) < 4.78 is 126. The fourth-order valence-corrected chi connectivity index (χ4v) is 4.84. The molecule has 2 aromatic rings. The number of hydrogen-bond donors (Lipinski definition) is 4. The summed E-state index contributed by atoms with van der Waals surface area (Å²) in [6, 6.07) is 12.8. The monoisotopic (exact) mass is 744 g/mol. The van der Waals surface area contributed by atoms with Crippen LogP contribution >= 0.6 is 0 Å². The lowest BCUT2D eigenvalue weighted by atomic mass is 10.2. The molecule has 1 fully saturated rings. The lowest BCUT2D eigenvalue weighted by molar-refractivity contribution is -0.193. The van der Waals surface area contributed by atoms with Crippen molar-refractivity contribution in [1.29, 1.82) is 0 Å². The number of benzene rings is 1. The molecule has 1 aromatic heterocycles. The predicted octanol–water partition coefficient (Wildman–Crippen LogP) is 3.06. The number of nitrogens with one attached hydrogen (secondary N) is 1. The number of pyridine rings is 1. The van der Waals surface area contributed by atoms with E-state index in [0.717, 1.165) is 56.5 Å². The molecule has 0 bridgehead atoms. The number of alkyl halides is 9. The van der Waals surface area contributed by atoms with Gasteiger partial charge in [-0.3, -0.25) is 4.90 Å². The molecule has 0 atom stereocenters. The number of sulfone groups is 1. The number of carboxylic acids is 3. The summed E-state index contributed by atoms with van der Waals surface area (Å²) in [7, 11) is -3.23. The Morgan fingerprint density at radius 1 is 0.776 bits per heavy atom. The zero-order valence-electron chi connectivity index (χ0n) is 24.8. The van der Waals surface area contributed by atoms with Gasteiger partial charge in [0, 0.05) is 51.4 Å². The number of anilines is 1. The van der Waals surface area contributed by atoms with Gasteiger partial charge in [0.05, 0.1) is 10.6 Å². The van der Waals surface area contributed by atoms with E-state index in [0.29, 0.717) is 18.0 Å². The van der Waals surface area contributed by atoms with Gasteiger partial charge in [-0.05, 0) is 24.3 Å². The fourth-order valence-electron chi connectivity index (χ4n) is 3.53. The molecule has 3 heterocycles. The summed E-state index contributed by atoms with van der Waals surface area (Å²) in [6.07, 6.45) is -15.3. The Morgan fingerprint density at radius 2 is 1.24 bits per heavy atom. The van der Waals surface area contributed by atoms with Crippen molar-refractivity contribution in [3.8, 4) is 5.88 Å². The highest BCUT2D eigenvalue weighted by Crippen LogP contribution is 2.23. The van der Waals surface area contributed by atoms with Crippen LogP contribution in [0.1, 0.15) is 5.56 Å². The maximum absolute atomic E-state index is 12.5. The van der Waals surface area contributed by atoms with E-state index in [4.69, 9.17) is 39.4 Å². The van der Waals surface area contributed by atoms with Gasteiger partial charge in [-0.15, -0.1) is 0 Å². The van der Waals surface area contributed by atoms with Crippen molar-refractivity contribution in [3.05, 3.63) is 48.0 Å². The topological polar surface area (TPSA) is 187 Å². The Bertz CT molecular complexity index is 1430. The van der Waals surface area contributed by atoms with Gasteiger partial charge in [0.1, 0.15) is 12.4 Å². The van der Waals surface area contributed by atoms with Gasteiger partial charge in [0.25, 0.3) is 0 Å². The van der Waals surface area contributed by atoms with E-state index in [1.807, 2.05) is 12.1 Å². The minimum absolute atomic E-state index is 0.148. The summed E-state index contributed by atoms with van der Waals surface area (Å²) in [6.45, 7) is 6.11. The molecule has 13 nitrogen and oxygen atoms in total. The predicted molar refractivity (Wildman–Crippen MR) is 150 cm³/mol. The smallest absolute Gasteiger partial charge is 0.476 e. The molecule has 0 amide bonds. The summed E-state index contributed by atoms with van der Waals surface area (Å²) in [5, 5.41) is 24.7. The first-order valence-corrected chi connectivity index (χ1v) is 15.1. The first-order valence-electron chi connectivity index (χ1n) is 13.4. The van der Waals surface area contributed by atoms with Crippen LogP contribution in [-0.4, -0.2) is 122 Å². The highest BCUT2D eigenvalue weighted by atomic mass is 32.2. The molecular formula is C26H29F9N4O9S. The zero-order valence-corrected chi connectivity index (χ0v) is 25.7. The molecule has 0 unspecified atom stereocenters. The molecule has 49 heavy (non-hydrogen) atoms. The van der Waals surface area contributed by atoms with Crippen molar-refractivity contribution in [2.75, 3.05) is 56.5 Å². The van der Waals surface area contributed by atoms with Gasteiger partial charge in [-0.2, -0.15) is 44.5 Å². The number of nitrogens with zero attached hydrogens (tertiary/aromatic N) is 3. The second-order valence-corrected chi connectivity index (χ2v) is 11.6. The van der Waals surface area contributed by atoms with Crippen molar-refractivity contribution in [2.24, 2.45) is 0 Å². The minimum atomic E-state index is -5.08. The molecule has 0 aliphatic carbocycles. The molecule has 1 saturated heterocycles. The Balaban J connectivity index is 0.000000467. The van der Waals surface area contributed by atoms with Crippen LogP contribution in [-0.2, 0) is 30.8 Å². The molecule has 0 saturated carbocycles. The van der Waals surface area contributed by atoms with Crippen LogP contribution in [0.2, 0.25) is 0 Å². The third kappa shape index (κ3) is 16.0. The number of piperazine rings is 1. The van der Waals surface area contributed by atoms with Gasteiger partial charge >= 0.3 is 36.4 Å². The molecule has 2 aliphatic heterocycles. The number of aliphatic carboxylic acids is 3. The summed E-state index contributed by atoms with van der Waals surface area (Å²) in [4.78, 5) is 36.2. The van der Waals surface area contributed by atoms with Crippen LogP contribution in [0.25, 0.3) is 0 Å². The molecule has 276 valence electrons. The van der Waals surface area contributed by atoms with E-state index >= 15 is 0 Å². The molecule has 0 spiro atoms. The molecule has 0 radical (unpaired) electrons. The van der Waals surface area contributed by atoms with Crippen molar-refractivity contribution in [1.82, 2.24) is 15.2 Å². The quantitative estimate of drug-likeness (QED) is 0.328. The highest BCUT2D eigenvalue weighted by Gasteiger charge is 2.39. The van der Waals surface area contributed by atoms with Gasteiger partial charge in [0.15, 0.2) is 9.84 Å². The summed E-state index contributed by atoms with van der Waals surface area (Å²) in [5.41, 5.74) is 1.09. The number of ether oxygens (including phenoxy) is 1. The van der Waals surface area contributed by atoms with E-state index in [9.17, 15) is 47.9 Å². The highest BCUT2D eigenvalue weighted by molar-refractivity contribution is 7.91. The maximum atomic E-state index is 12.5. The van der Waals surface area contributed by atoms with Crippen molar-refractivity contribution >= 4 is 33.6 Å². The van der Waals surface area contributed by atoms with Crippen molar-refractivity contribution in [3.63, 3.8) is 0 Å². The van der Waals surface area contributed by atoms with E-state index in [2.05, 4.69) is 21.2 Å². The van der Waals surface area contributed by atoms with Crippen LogP contribution in [0, 0.1) is 0 Å². The number of hydrogen-bond acceptors (Lipinski definition) is 10. The fraction of sp³-hybridized carbons (Fsp3) is 0.462. The lowest BCUT2D eigenvalue weighted by Gasteiger charge is -2.35. The average molecular weight is 745 g/mol. The van der Waals surface area contributed by atoms with E-state index in [1.54, 1.807) is 24.3 Å². The Labute approximate surface area is 271 Å². The SMILES string of the molecule is O=C(O)C(F)(F)F.O=C(O)C(F)(F)F.O=C(O)C(F)(F)F.O=S(=O)(CCN1CCN(c2ccc3c(n2)OCCNC3)CC1)c1ccccc1. The first kappa shape index (κ1) is 42.6. The number of aromatic nitrogens is 1. The molecule has 4 N–H and O–H groups in total. The van der Waals surface area contributed by atoms with Gasteiger partial charge in [-0.25, -0.2) is 22.8 Å². The van der Waals surface area contributed by atoms with Crippen LogP contribution in [0.15, 0.2) is 47.4 Å². The summed E-state index contributed by atoms with van der Waals surface area (Å²) >= 11 is 0. The number of rotatable bonds is 5. The Morgan fingerprint density at radius 3 is 1.69 bits per heavy atom. The molecular weight excluding hydrogens is 715 g/mol. The molecule has 2 aliphatic rings. The zero-order chi connectivity index (χ0) is 37.6. The number of carboxylic acid groups (broad SMARTS) is 3. The van der Waals surface area contributed by atoms with Crippen LogP contribution in [0.3, 0.4) is 0 Å². The summed E-state index contributed by atoms with van der Waals surface area (Å²) in [5.74, 6) is -6.47. The molecule has 4 rings (SSSR count). The van der Waals surface area contributed by atoms with Crippen LogP contribution in [0.4, 0.5) is 45.3 Å². The molecule has 1 aromatic carbocycles. The Kier molecular flexibility index (Phi) is 16.0.